The lowest BCUT2D eigenvalue weighted by Crippen LogP contribution is -2.46. The predicted molar refractivity (Wildman–Crippen MR) is 113 cm³/mol. The van der Waals surface area contributed by atoms with E-state index in [0.29, 0.717) is 19.3 Å². The first-order chi connectivity index (χ1) is 14.0. The van der Waals surface area contributed by atoms with Gasteiger partial charge in [-0.3, -0.25) is 4.79 Å². The smallest absolute Gasteiger partial charge is 0.242 e. The third-order valence-electron chi connectivity index (χ3n) is 5.92. The van der Waals surface area contributed by atoms with E-state index >= 15 is 0 Å². The Kier molecular flexibility index (Phi) is 6.87. The normalized spacial score (nSPS) is 23.8. The molecule has 1 saturated carbocycles. The molecular weight excluding hydrogens is 428 g/mol. The lowest BCUT2D eigenvalue weighted by atomic mass is 9.97. The molecule has 1 aliphatic heterocycles. The van der Waals surface area contributed by atoms with E-state index in [9.17, 15) is 21.6 Å². The molecule has 0 unspecified atom stereocenters. The van der Waals surface area contributed by atoms with E-state index < -0.39 is 26.1 Å². The van der Waals surface area contributed by atoms with E-state index in [-0.39, 0.29) is 27.7 Å². The van der Waals surface area contributed by atoms with Gasteiger partial charge in [-0.2, -0.15) is 0 Å². The molecule has 30 heavy (non-hydrogen) atoms. The van der Waals surface area contributed by atoms with Crippen molar-refractivity contribution in [2.75, 3.05) is 27.2 Å². The third kappa shape index (κ3) is 4.86. The van der Waals surface area contributed by atoms with Crippen molar-refractivity contribution in [3.63, 3.8) is 0 Å². The summed E-state index contributed by atoms with van der Waals surface area (Å²) in [5.74, 6) is -0.0999. The van der Waals surface area contributed by atoms with Crippen molar-refractivity contribution in [3.05, 3.63) is 24.3 Å². The molecule has 2 fully saturated rings. The number of carbonyl (C=O) groups is 1. The van der Waals surface area contributed by atoms with Gasteiger partial charge >= 0.3 is 0 Å². The van der Waals surface area contributed by atoms with Gasteiger partial charge in [0, 0.05) is 33.2 Å². The summed E-state index contributed by atoms with van der Waals surface area (Å²) in [4.78, 5) is 14.3. The number of hydrogen-bond donors (Lipinski definition) is 2. The number of nitrogens with zero attached hydrogens (tertiary/aromatic N) is 2. The molecule has 9 nitrogen and oxygen atoms in total. The number of amides is 1. The van der Waals surface area contributed by atoms with Crippen molar-refractivity contribution < 1.29 is 21.6 Å². The highest BCUT2D eigenvalue weighted by Gasteiger charge is 2.36. The van der Waals surface area contributed by atoms with E-state index in [0.717, 1.165) is 30.2 Å². The molecule has 0 aromatic heterocycles. The standard InChI is InChI=1S/C19H30N4O5S2/c1-22(2)30(27,28)17-9-7-16(8-10-17)29(25,26)21-15-6-5-14(13-15)18(20)19(24)23-11-3-4-12-23/h7-10,14-15,18,21H,3-6,11-13,20H2,1-2H3/t14-,15-,18-/m0/s1. The molecule has 2 aliphatic rings. The number of sulfonamides is 2. The zero-order chi connectivity index (χ0) is 22.1. The molecule has 1 aromatic rings. The van der Waals surface area contributed by atoms with Gasteiger partial charge < -0.3 is 10.6 Å². The summed E-state index contributed by atoms with van der Waals surface area (Å²) in [5, 5.41) is 0. The van der Waals surface area contributed by atoms with Crippen LogP contribution in [0.25, 0.3) is 0 Å². The zero-order valence-electron chi connectivity index (χ0n) is 17.3. The van der Waals surface area contributed by atoms with Crippen molar-refractivity contribution in [2.24, 2.45) is 11.7 Å². The molecule has 11 heteroatoms. The van der Waals surface area contributed by atoms with Crippen molar-refractivity contribution in [3.8, 4) is 0 Å². The SMILES string of the molecule is CN(C)S(=O)(=O)c1ccc(S(=O)(=O)N[C@H]2CC[C@H]([C@H](N)C(=O)N3CCCC3)C2)cc1. The van der Waals surface area contributed by atoms with Crippen LogP contribution >= 0.6 is 0 Å². The Balaban J connectivity index is 1.63. The monoisotopic (exact) mass is 458 g/mol. The topological polar surface area (TPSA) is 130 Å². The predicted octanol–water partition coefficient (Wildman–Crippen LogP) is 0.334. The summed E-state index contributed by atoms with van der Waals surface area (Å²) in [6.07, 6.45) is 3.80. The Morgan fingerprint density at radius 3 is 2.20 bits per heavy atom. The van der Waals surface area contributed by atoms with Crippen LogP contribution < -0.4 is 10.5 Å². The summed E-state index contributed by atoms with van der Waals surface area (Å²) < 4.78 is 53.5. The van der Waals surface area contributed by atoms with Crippen molar-refractivity contribution in [2.45, 2.75) is 54.0 Å². The van der Waals surface area contributed by atoms with E-state index in [1.54, 1.807) is 4.90 Å². The molecule has 1 aromatic carbocycles. The summed E-state index contributed by atoms with van der Waals surface area (Å²) in [6, 6.07) is 4.23. The molecule has 1 heterocycles. The fourth-order valence-electron chi connectivity index (χ4n) is 4.09. The first-order valence-electron chi connectivity index (χ1n) is 10.1. The van der Waals surface area contributed by atoms with Gasteiger partial charge in [0.05, 0.1) is 15.8 Å². The van der Waals surface area contributed by atoms with Crippen LogP contribution in [0, 0.1) is 5.92 Å². The van der Waals surface area contributed by atoms with Gasteiger partial charge in [0.25, 0.3) is 0 Å². The van der Waals surface area contributed by atoms with Gasteiger partial charge in [-0.15, -0.1) is 0 Å². The Morgan fingerprint density at radius 1 is 1.07 bits per heavy atom. The van der Waals surface area contributed by atoms with Crippen LogP contribution in [0.2, 0.25) is 0 Å². The highest BCUT2D eigenvalue weighted by atomic mass is 32.2. The molecular formula is C19H30N4O5S2. The maximum atomic E-state index is 12.7. The molecule has 3 atom stereocenters. The molecule has 1 saturated heterocycles. The van der Waals surface area contributed by atoms with Gasteiger partial charge in [0.1, 0.15) is 0 Å². The largest absolute Gasteiger partial charge is 0.341 e. The summed E-state index contributed by atoms with van der Waals surface area (Å²) in [7, 11) is -4.60. The van der Waals surface area contributed by atoms with Gasteiger partial charge in [0.15, 0.2) is 0 Å². The molecule has 1 amide bonds. The Morgan fingerprint density at radius 2 is 1.63 bits per heavy atom. The number of likely N-dealkylation sites (tertiary alicyclic amines) is 1. The minimum atomic E-state index is -3.81. The third-order valence-corrected chi connectivity index (χ3v) is 9.28. The van der Waals surface area contributed by atoms with Gasteiger partial charge in [0.2, 0.25) is 26.0 Å². The molecule has 3 rings (SSSR count). The van der Waals surface area contributed by atoms with E-state index in [2.05, 4.69) is 4.72 Å². The average molecular weight is 459 g/mol. The first kappa shape index (κ1) is 23.1. The maximum absolute atomic E-state index is 12.7. The number of rotatable bonds is 7. The van der Waals surface area contributed by atoms with Crippen molar-refractivity contribution >= 4 is 26.0 Å². The van der Waals surface area contributed by atoms with E-state index in [1.807, 2.05) is 0 Å². The second-order valence-corrected chi connectivity index (χ2v) is 12.1. The summed E-state index contributed by atoms with van der Waals surface area (Å²) >= 11 is 0. The molecule has 3 N–H and O–H groups in total. The molecule has 1 aliphatic carbocycles. The average Bonchev–Trinajstić information content (AvgIpc) is 3.38. The Bertz CT molecular complexity index is 971. The number of nitrogens with one attached hydrogen (secondary N) is 1. The van der Waals surface area contributed by atoms with Crippen molar-refractivity contribution in [1.82, 2.24) is 13.9 Å². The fraction of sp³-hybridized carbons (Fsp3) is 0.632. The molecule has 0 radical (unpaired) electrons. The van der Waals surface area contributed by atoms with Crippen LogP contribution in [0.15, 0.2) is 34.1 Å². The number of hydrogen-bond acceptors (Lipinski definition) is 6. The number of benzene rings is 1. The molecule has 168 valence electrons. The number of carbonyl (C=O) groups excluding carboxylic acids is 1. The Labute approximate surface area is 178 Å². The lowest BCUT2D eigenvalue weighted by molar-refractivity contribution is -0.132. The minimum Gasteiger partial charge on any atom is -0.341 e. The molecule has 0 bridgehead atoms. The fourth-order valence-corrected chi connectivity index (χ4v) is 6.27. The van der Waals surface area contributed by atoms with Crippen LogP contribution in [-0.4, -0.2) is 71.2 Å². The van der Waals surface area contributed by atoms with Crippen LogP contribution in [0.1, 0.15) is 32.1 Å². The van der Waals surface area contributed by atoms with Crippen LogP contribution in [0.5, 0.6) is 0 Å². The maximum Gasteiger partial charge on any atom is 0.242 e. The second-order valence-electron chi connectivity index (χ2n) is 8.21. The lowest BCUT2D eigenvalue weighted by Gasteiger charge is -2.24. The van der Waals surface area contributed by atoms with Crippen LogP contribution in [-0.2, 0) is 24.8 Å². The van der Waals surface area contributed by atoms with Gasteiger partial charge in [-0.05, 0) is 62.3 Å². The highest BCUT2D eigenvalue weighted by Crippen LogP contribution is 2.30. The van der Waals surface area contributed by atoms with Crippen LogP contribution in [0.3, 0.4) is 0 Å². The summed E-state index contributed by atoms with van der Waals surface area (Å²) in [5.41, 5.74) is 6.19. The van der Waals surface area contributed by atoms with E-state index in [4.69, 9.17) is 5.73 Å². The van der Waals surface area contributed by atoms with Gasteiger partial charge in [-0.25, -0.2) is 25.9 Å². The second kappa shape index (κ2) is 8.91. The highest BCUT2D eigenvalue weighted by molar-refractivity contribution is 7.89. The number of nitrogens with two attached hydrogens (primary N) is 1. The quantitative estimate of drug-likeness (QED) is 0.606. The minimum absolute atomic E-state index is 0.00102. The van der Waals surface area contributed by atoms with E-state index in [1.165, 1.54) is 38.4 Å². The molecule has 0 spiro atoms. The first-order valence-corrected chi connectivity index (χ1v) is 13.0. The summed E-state index contributed by atoms with van der Waals surface area (Å²) in [6.45, 7) is 1.49. The van der Waals surface area contributed by atoms with Gasteiger partial charge in [-0.1, -0.05) is 0 Å². The van der Waals surface area contributed by atoms with Crippen LogP contribution in [0.4, 0.5) is 0 Å². The zero-order valence-corrected chi connectivity index (χ0v) is 19.0. The van der Waals surface area contributed by atoms with Crippen molar-refractivity contribution in [1.29, 1.82) is 0 Å². The Hall–Kier alpha value is -1.53.